The summed E-state index contributed by atoms with van der Waals surface area (Å²) in [5.74, 6) is 0.138. The van der Waals surface area contributed by atoms with Gasteiger partial charge in [0.25, 0.3) is 0 Å². The molecule has 0 heterocycles. The number of nitrogens with one attached hydrogen (secondary N) is 1. The van der Waals surface area contributed by atoms with Crippen molar-refractivity contribution in [2.24, 2.45) is 5.92 Å². The predicted octanol–water partition coefficient (Wildman–Crippen LogP) is 2.51. The minimum absolute atomic E-state index is 0.0374. The van der Waals surface area contributed by atoms with Gasteiger partial charge in [-0.25, -0.2) is 0 Å². The lowest BCUT2D eigenvalue weighted by molar-refractivity contribution is -0.147. The van der Waals surface area contributed by atoms with Crippen molar-refractivity contribution < 1.29 is 9.53 Å². The maximum Gasteiger partial charge on any atom is 0.308 e. The Labute approximate surface area is 109 Å². The smallest absolute Gasteiger partial charge is 0.308 e. The van der Waals surface area contributed by atoms with E-state index in [4.69, 9.17) is 4.74 Å². The molecule has 0 atom stereocenters. The van der Waals surface area contributed by atoms with Crippen molar-refractivity contribution in [1.29, 1.82) is 0 Å². The number of carbonyl (C=O) groups excluding carboxylic acids is 1. The van der Waals surface area contributed by atoms with Crippen LogP contribution < -0.4 is 5.32 Å². The average molecular weight is 247 g/mol. The van der Waals surface area contributed by atoms with Gasteiger partial charge < -0.3 is 10.1 Å². The van der Waals surface area contributed by atoms with Gasteiger partial charge in [-0.15, -0.1) is 0 Å². The Morgan fingerprint density at radius 2 is 2.00 bits per heavy atom. The van der Waals surface area contributed by atoms with Gasteiger partial charge in [0.15, 0.2) is 0 Å². The highest BCUT2D eigenvalue weighted by Gasteiger charge is 2.32. The van der Waals surface area contributed by atoms with Crippen LogP contribution in [0.25, 0.3) is 0 Å². The second kappa shape index (κ2) is 5.53. The SMILES string of the molecule is CC(C)(COC(=O)C1CC1)NCc1ccccc1. The Morgan fingerprint density at radius 1 is 1.33 bits per heavy atom. The van der Waals surface area contributed by atoms with Crippen LogP contribution in [0.2, 0.25) is 0 Å². The van der Waals surface area contributed by atoms with Gasteiger partial charge in [-0.2, -0.15) is 0 Å². The summed E-state index contributed by atoms with van der Waals surface area (Å²) in [5.41, 5.74) is 1.04. The summed E-state index contributed by atoms with van der Waals surface area (Å²) >= 11 is 0. The van der Waals surface area contributed by atoms with E-state index in [0.29, 0.717) is 6.61 Å². The standard InChI is InChI=1S/C15H21NO2/c1-15(2,11-18-14(17)13-8-9-13)16-10-12-6-4-3-5-7-12/h3-7,13,16H,8-11H2,1-2H3. The fourth-order valence-corrected chi connectivity index (χ4v) is 1.68. The van der Waals surface area contributed by atoms with Crippen LogP contribution in [-0.4, -0.2) is 18.1 Å². The van der Waals surface area contributed by atoms with Crippen molar-refractivity contribution in [2.75, 3.05) is 6.61 Å². The van der Waals surface area contributed by atoms with Gasteiger partial charge in [-0.3, -0.25) is 4.79 Å². The predicted molar refractivity (Wildman–Crippen MR) is 71.0 cm³/mol. The molecule has 1 aliphatic carbocycles. The Morgan fingerprint density at radius 3 is 2.61 bits per heavy atom. The highest BCUT2D eigenvalue weighted by molar-refractivity contribution is 5.74. The molecule has 0 amide bonds. The fraction of sp³-hybridized carbons (Fsp3) is 0.533. The monoisotopic (exact) mass is 247 g/mol. The zero-order valence-electron chi connectivity index (χ0n) is 11.1. The number of esters is 1. The lowest BCUT2D eigenvalue weighted by Gasteiger charge is -2.26. The van der Waals surface area contributed by atoms with Gasteiger partial charge in [0.05, 0.1) is 5.92 Å². The molecule has 0 bridgehead atoms. The fourth-order valence-electron chi connectivity index (χ4n) is 1.68. The molecular weight excluding hydrogens is 226 g/mol. The normalized spacial score (nSPS) is 15.4. The van der Waals surface area contributed by atoms with E-state index in [9.17, 15) is 4.79 Å². The molecule has 1 fully saturated rings. The molecule has 0 unspecified atom stereocenters. The van der Waals surface area contributed by atoms with Crippen molar-refractivity contribution in [3.8, 4) is 0 Å². The second-order valence-corrected chi connectivity index (χ2v) is 5.61. The van der Waals surface area contributed by atoms with Crippen LogP contribution in [0.1, 0.15) is 32.3 Å². The van der Waals surface area contributed by atoms with Gasteiger partial charge in [0.2, 0.25) is 0 Å². The lowest BCUT2D eigenvalue weighted by Crippen LogP contribution is -2.43. The Kier molecular flexibility index (Phi) is 4.02. The van der Waals surface area contributed by atoms with E-state index in [1.165, 1.54) is 5.56 Å². The second-order valence-electron chi connectivity index (χ2n) is 5.61. The first-order valence-corrected chi connectivity index (χ1v) is 6.52. The van der Waals surface area contributed by atoms with Crippen LogP contribution in [0.4, 0.5) is 0 Å². The van der Waals surface area contributed by atoms with Crippen molar-refractivity contribution in [1.82, 2.24) is 5.32 Å². The summed E-state index contributed by atoms with van der Waals surface area (Å²) in [6.07, 6.45) is 1.99. The number of rotatable bonds is 6. The Hall–Kier alpha value is -1.35. The van der Waals surface area contributed by atoms with Crippen LogP contribution in [0.3, 0.4) is 0 Å². The third-order valence-corrected chi connectivity index (χ3v) is 3.10. The molecule has 0 spiro atoms. The molecule has 1 N–H and O–H groups in total. The molecule has 1 aliphatic rings. The van der Waals surface area contributed by atoms with Gasteiger partial charge in [-0.05, 0) is 32.3 Å². The number of benzene rings is 1. The quantitative estimate of drug-likeness (QED) is 0.785. The summed E-state index contributed by atoms with van der Waals surface area (Å²) in [6, 6.07) is 10.2. The molecule has 2 rings (SSSR count). The maximum atomic E-state index is 11.5. The first-order chi connectivity index (χ1) is 8.57. The van der Waals surface area contributed by atoms with Crippen LogP contribution in [0.5, 0.6) is 0 Å². The van der Waals surface area contributed by atoms with Gasteiger partial charge >= 0.3 is 5.97 Å². The van der Waals surface area contributed by atoms with E-state index >= 15 is 0 Å². The highest BCUT2D eigenvalue weighted by Crippen LogP contribution is 2.30. The molecule has 0 aliphatic heterocycles. The first kappa shape index (κ1) is 13.1. The van der Waals surface area contributed by atoms with E-state index in [-0.39, 0.29) is 17.4 Å². The van der Waals surface area contributed by atoms with E-state index in [2.05, 4.69) is 31.3 Å². The number of hydrogen-bond donors (Lipinski definition) is 1. The topological polar surface area (TPSA) is 38.3 Å². The van der Waals surface area contributed by atoms with Crippen LogP contribution in [-0.2, 0) is 16.1 Å². The first-order valence-electron chi connectivity index (χ1n) is 6.52. The summed E-state index contributed by atoms with van der Waals surface area (Å²) in [7, 11) is 0. The minimum Gasteiger partial charge on any atom is -0.464 e. The van der Waals surface area contributed by atoms with E-state index in [0.717, 1.165) is 19.4 Å². The highest BCUT2D eigenvalue weighted by atomic mass is 16.5. The van der Waals surface area contributed by atoms with Crippen LogP contribution in [0.15, 0.2) is 30.3 Å². The van der Waals surface area contributed by atoms with Crippen molar-refractivity contribution in [3.63, 3.8) is 0 Å². The molecule has 18 heavy (non-hydrogen) atoms. The van der Waals surface area contributed by atoms with E-state index in [1.807, 2.05) is 18.2 Å². The van der Waals surface area contributed by atoms with E-state index < -0.39 is 0 Å². The molecule has 1 saturated carbocycles. The molecule has 1 aromatic carbocycles. The Bertz CT molecular complexity index is 396. The van der Waals surface area contributed by atoms with Gasteiger partial charge in [0.1, 0.15) is 6.61 Å². The van der Waals surface area contributed by atoms with Crippen molar-refractivity contribution in [2.45, 2.75) is 38.8 Å². The zero-order valence-corrected chi connectivity index (χ0v) is 11.1. The molecule has 3 nitrogen and oxygen atoms in total. The van der Waals surface area contributed by atoms with Gasteiger partial charge in [0, 0.05) is 12.1 Å². The molecule has 3 heteroatoms. The third kappa shape index (κ3) is 4.15. The summed E-state index contributed by atoms with van der Waals surface area (Å²) < 4.78 is 5.32. The lowest BCUT2D eigenvalue weighted by atomic mass is 10.1. The molecule has 0 aromatic heterocycles. The van der Waals surface area contributed by atoms with Crippen LogP contribution in [0, 0.1) is 5.92 Å². The number of ether oxygens (including phenoxy) is 1. The summed E-state index contributed by atoms with van der Waals surface area (Å²) in [6.45, 7) is 5.32. The number of hydrogen-bond acceptors (Lipinski definition) is 3. The molecule has 0 radical (unpaired) electrons. The average Bonchev–Trinajstić information content (AvgIpc) is 3.19. The molecule has 98 valence electrons. The molecule has 1 aromatic rings. The van der Waals surface area contributed by atoms with Crippen LogP contribution >= 0.6 is 0 Å². The summed E-state index contributed by atoms with van der Waals surface area (Å²) in [5, 5.41) is 3.41. The largest absolute Gasteiger partial charge is 0.464 e. The zero-order chi connectivity index (χ0) is 13.0. The Balaban J connectivity index is 1.74. The minimum atomic E-state index is -0.194. The number of carbonyl (C=O) groups is 1. The van der Waals surface area contributed by atoms with Crippen molar-refractivity contribution >= 4 is 5.97 Å². The molecule has 0 saturated heterocycles. The molecular formula is C15H21NO2. The third-order valence-electron chi connectivity index (χ3n) is 3.10. The van der Waals surface area contributed by atoms with Gasteiger partial charge in [-0.1, -0.05) is 30.3 Å². The summed E-state index contributed by atoms with van der Waals surface area (Å²) in [4.78, 5) is 11.5. The van der Waals surface area contributed by atoms with Crippen molar-refractivity contribution in [3.05, 3.63) is 35.9 Å². The maximum absolute atomic E-state index is 11.5. The van der Waals surface area contributed by atoms with E-state index in [1.54, 1.807) is 0 Å².